The van der Waals surface area contributed by atoms with E-state index in [0.717, 1.165) is 31.5 Å². The largest absolute Gasteiger partial charge is 0.300 e. The van der Waals surface area contributed by atoms with Gasteiger partial charge in [-0.25, -0.2) is 4.98 Å². The van der Waals surface area contributed by atoms with Gasteiger partial charge >= 0.3 is 0 Å². The average Bonchev–Trinajstić information content (AvgIpc) is 3.25. The standard InChI is InChI=1S/C21H17N5OS2/c1-13-3-7-16(8-4-13)23-25-19-12-18-20(29-19)22-21(28-18)26-24-17-9-5-15(6-10-17)11-14(2)27/h3-10,12H,11H2,1-2H3. The fourth-order valence-electron chi connectivity index (χ4n) is 2.59. The van der Waals surface area contributed by atoms with Crippen LogP contribution in [0.25, 0.3) is 9.53 Å². The molecule has 8 heteroatoms. The summed E-state index contributed by atoms with van der Waals surface area (Å²) in [4.78, 5) is 16.5. The molecule has 0 bridgehead atoms. The lowest BCUT2D eigenvalue weighted by Gasteiger charge is -1.97. The average molecular weight is 420 g/mol. The molecule has 29 heavy (non-hydrogen) atoms. The molecule has 2 heterocycles. The summed E-state index contributed by atoms with van der Waals surface area (Å²) in [7, 11) is 0. The van der Waals surface area contributed by atoms with E-state index >= 15 is 0 Å². The first-order valence-corrected chi connectivity index (χ1v) is 10.6. The van der Waals surface area contributed by atoms with Gasteiger partial charge in [0, 0.05) is 6.42 Å². The van der Waals surface area contributed by atoms with Gasteiger partial charge in [0.1, 0.15) is 15.6 Å². The van der Waals surface area contributed by atoms with Crippen LogP contribution < -0.4 is 0 Å². The SMILES string of the molecule is CC(=O)Cc1ccc(N=Nc2nc3sc(N=Nc4ccc(C)cc4)cc3s2)cc1. The summed E-state index contributed by atoms with van der Waals surface area (Å²) in [5, 5.41) is 18.4. The number of thiazole rings is 1. The van der Waals surface area contributed by atoms with Crippen LogP contribution in [0.15, 0.2) is 75.1 Å². The summed E-state index contributed by atoms with van der Waals surface area (Å²) >= 11 is 2.94. The highest BCUT2D eigenvalue weighted by molar-refractivity contribution is 7.30. The third-order valence-electron chi connectivity index (χ3n) is 4.00. The molecule has 0 aliphatic carbocycles. The van der Waals surface area contributed by atoms with E-state index in [0.29, 0.717) is 11.6 Å². The van der Waals surface area contributed by atoms with Crippen molar-refractivity contribution in [1.29, 1.82) is 0 Å². The summed E-state index contributed by atoms with van der Waals surface area (Å²) in [6.45, 7) is 3.62. The fourth-order valence-corrected chi connectivity index (χ4v) is 4.44. The maximum absolute atomic E-state index is 11.2. The molecule has 0 amide bonds. The Morgan fingerprint density at radius 2 is 1.55 bits per heavy atom. The van der Waals surface area contributed by atoms with Gasteiger partial charge in [0.05, 0.1) is 16.1 Å². The Morgan fingerprint density at radius 3 is 2.21 bits per heavy atom. The minimum Gasteiger partial charge on any atom is -0.300 e. The second kappa shape index (κ2) is 8.50. The number of thiophene rings is 1. The van der Waals surface area contributed by atoms with E-state index in [1.54, 1.807) is 6.92 Å². The van der Waals surface area contributed by atoms with E-state index in [-0.39, 0.29) is 5.78 Å². The molecule has 0 N–H and O–H groups in total. The number of benzene rings is 2. The number of carbonyl (C=O) groups is 1. The van der Waals surface area contributed by atoms with Crippen LogP contribution in [0.2, 0.25) is 0 Å². The summed E-state index contributed by atoms with van der Waals surface area (Å²) in [6.07, 6.45) is 0.434. The van der Waals surface area contributed by atoms with Crippen molar-refractivity contribution in [2.45, 2.75) is 20.3 Å². The van der Waals surface area contributed by atoms with Crippen molar-refractivity contribution >= 4 is 59.5 Å². The van der Waals surface area contributed by atoms with E-state index in [9.17, 15) is 4.79 Å². The van der Waals surface area contributed by atoms with Crippen molar-refractivity contribution in [3.8, 4) is 0 Å². The summed E-state index contributed by atoms with van der Waals surface area (Å²) in [5.41, 5.74) is 3.71. The molecule has 0 aliphatic rings. The Bertz CT molecular complexity index is 1170. The number of aryl methyl sites for hydroxylation is 1. The molecule has 2 aromatic carbocycles. The fraction of sp³-hybridized carbons (Fsp3) is 0.143. The highest BCUT2D eigenvalue weighted by Gasteiger charge is 2.08. The van der Waals surface area contributed by atoms with Gasteiger partial charge in [-0.1, -0.05) is 52.5 Å². The van der Waals surface area contributed by atoms with E-state index < -0.39 is 0 Å². The number of hydrogen-bond donors (Lipinski definition) is 0. The van der Waals surface area contributed by atoms with Crippen LogP contribution in [0.3, 0.4) is 0 Å². The quantitative estimate of drug-likeness (QED) is 0.301. The normalized spacial score (nSPS) is 11.8. The lowest BCUT2D eigenvalue weighted by molar-refractivity contribution is -0.116. The molecule has 4 aromatic rings. The first kappa shape index (κ1) is 19.2. The van der Waals surface area contributed by atoms with E-state index in [2.05, 4.69) is 25.4 Å². The molecule has 0 unspecified atom stereocenters. The van der Waals surface area contributed by atoms with Gasteiger partial charge in [-0.15, -0.1) is 20.5 Å². The number of rotatable bonds is 6. The van der Waals surface area contributed by atoms with Crippen molar-refractivity contribution in [3.63, 3.8) is 0 Å². The van der Waals surface area contributed by atoms with Crippen LogP contribution in [0.5, 0.6) is 0 Å². The Balaban J connectivity index is 1.44. The molecule has 0 aliphatic heterocycles. The van der Waals surface area contributed by atoms with E-state index in [1.165, 1.54) is 28.2 Å². The predicted molar refractivity (Wildman–Crippen MR) is 118 cm³/mol. The van der Waals surface area contributed by atoms with Crippen LogP contribution in [0, 0.1) is 6.92 Å². The number of ketones is 1. The lowest BCUT2D eigenvalue weighted by atomic mass is 10.1. The summed E-state index contributed by atoms with van der Waals surface area (Å²) < 4.78 is 1.01. The molecule has 0 radical (unpaired) electrons. The zero-order valence-electron chi connectivity index (χ0n) is 15.9. The monoisotopic (exact) mass is 419 g/mol. The molecule has 0 fully saturated rings. The molecular weight excluding hydrogens is 402 g/mol. The first-order chi connectivity index (χ1) is 14.0. The van der Waals surface area contributed by atoms with Gasteiger partial charge in [-0.05, 0) is 49.7 Å². The van der Waals surface area contributed by atoms with Crippen LogP contribution in [-0.4, -0.2) is 10.8 Å². The maximum atomic E-state index is 11.2. The Morgan fingerprint density at radius 1 is 0.897 bits per heavy atom. The zero-order valence-corrected chi connectivity index (χ0v) is 17.5. The number of hydrogen-bond acceptors (Lipinski definition) is 8. The topological polar surface area (TPSA) is 79.4 Å². The minimum absolute atomic E-state index is 0.139. The number of nitrogens with zero attached hydrogens (tertiary/aromatic N) is 5. The molecule has 144 valence electrons. The van der Waals surface area contributed by atoms with Gasteiger partial charge in [-0.2, -0.15) is 0 Å². The number of fused-ring (bicyclic) bond motifs is 1. The Labute approximate surface area is 175 Å². The summed E-state index contributed by atoms with van der Waals surface area (Å²) in [5.74, 6) is 0.139. The van der Waals surface area contributed by atoms with Gasteiger partial charge in [0.2, 0.25) is 5.13 Å². The number of carbonyl (C=O) groups excluding carboxylic acids is 1. The predicted octanol–water partition coefficient (Wildman–Crippen LogP) is 7.63. The molecular formula is C21H17N5OS2. The Hall–Kier alpha value is -3.10. The summed E-state index contributed by atoms with van der Waals surface area (Å²) in [6, 6.07) is 17.3. The highest BCUT2D eigenvalue weighted by Crippen LogP contribution is 2.39. The van der Waals surface area contributed by atoms with Crippen molar-refractivity contribution < 1.29 is 4.79 Å². The first-order valence-electron chi connectivity index (χ1n) is 8.94. The molecule has 0 saturated heterocycles. The van der Waals surface area contributed by atoms with Gasteiger partial charge in [0.15, 0.2) is 0 Å². The number of aromatic nitrogens is 1. The van der Waals surface area contributed by atoms with Crippen molar-refractivity contribution in [1.82, 2.24) is 4.98 Å². The smallest absolute Gasteiger partial charge is 0.231 e. The Kier molecular flexibility index (Phi) is 5.64. The molecule has 4 rings (SSSR count). The van der Waals surface area contributed by atoms with Gasteiger partial charge < -0.3 is 0 Å². The second-order valence-corrected chi connectivity index (χ2v) is 8.55. The molecule has 2 aromatic heterocycles. The molecule has 0 saturated carbocycles. The van der Waals surface area contributed by atoms with Crippen molar-refractivity contribution in [2.24, 2.45) is 20.5 Å². The van der Waals surface area contributed by atoms with Gasteiger partial charge in [0.25, 0.3) is 0 Å². The lowest BCUT2D eigenvalue weighted by Crippen LogP contribution is -1.94. The number of azo groups is 2. The highest BCUT2D eigenvalue weighted by atomic mass is 32.1. The van der Waals surface area contributed by atoms with Gasteiger partial charge in [-0.3, -0.25) is 4.79 Å². The third kappa shape index (κ3) is 5.04. The minimum atomic E-state index is 0.139. The van der Waals surface area contributed by atoms with Crippen LogP contribution in [0.1, 0.15) is 18.1 Å². The number of Topliss-reactive ketones (excluding diaryl/α,β-unsaturated/α-hetero) is 1. The second-order valence-electron chi connectivity index (χ2n) is 6.53. The van der Waals surface area contributed by atoms with E-state index in [1.807, 2.05) is 61.5 Å². The molecule has 0 spiro atoms. The molecule has 0 atom stereocenters. The van der Waals surface area contributed by atoms with Crippen LogP contribution in [-0.2, 0) is 11.2 Å². The van der Waals surface area contributed by atoms with Crippen LogP contribution in [0.4, 0.5) is 21.5 Å². The van der Waals surface area contributed by atoms with E-state index in [4.69, 9.17) is 0 Å². The van der Waals surface area contributed by atoms with Crippen molar-refractivity contribution in [2.75, 3.05) is 0 Å². The maximum Gasteiger partial charge on any atom is 0.231 e. The van der Waals surface area contributed by atoms with Crippen molar-refractivity contribution in [3.05, 3.63) is 65.7 Å². The zero-order chi connectivity index (χ0) is 20.2. The third-order valence-corrected chi connectivity index (χ3v) is 5.93. The van der Waals surface area contributed by atoms with Crippen LogP contribution >= 0.6 is 22.7 Å². The molecule has 6 nitrogen and oxygen atoms in total.